The zero-order chi connectivity index (χ0) is 23.0. The third-order valence-electron chi connectivity index (χ3n) is 6.25. The quantitative estimate of drug-likeness (QED) is 0.599. The molecule has 2 aliphatic rings. The number of halogens is 1. The second kappa shape index (κ2) is 11.7. The normalized spacial score (nSPS) is 17.1. The summed E-state index contributed by atoms with van der Waals surface area (Å²) in [5.74, 6) is 1.48. The fourth-order valence-corrected chi connectivity index (χ4v) is 5.16. The molecule has 1 aromatic heterocycles. The largest absolute Gasteiger partial charge is 0.355 e. The van der Waals surface area contributed by atoms with Gasteiger partial charge in [0.2, 0.25) is 11.8 Å². The van der Waals surface area contributed by atoms with Crippen molar-refractivity contribution in [3.63, 3.8) is 0 Å². The molecule has 2 aromatic rings. The number of anilines is 1. The van der Waals surface area contributed by atoms with Gasteiger partial charge in [-0.1, -0.05) is 41.6 Å². The van der Waals surface area contributed by atoms with Gasteiger partial charge in [-0.2, -0.15) is 0 Å². The zero-order valence-corrected chi connectivity index (χ0v) is 20.3. The van der Waals surface area contributed by atoms with E-state index in [1.54, 1.807) is 0 Å². The summed E-state index contributed by atoms with van der Waals surface area (Å²) < 4.78 is 0. The van der Waals surface area contributed by atoms with Crippen molar-refractivity contribution in [2.75, 3.05) is 36.8 Å². The van der Waals surface area contributed by atoms with Crippen LogP contribution in [0.25, 0.3) is 0 Å². The molecule has 2 aliphatic heterocycles. The fraction of sp³-hybridized carbons (Fsp3) is 0.500. The highest BCUT2D eigenvalue weighted by atomic mass is 35.5. The monoisotopic (exact) mass is 487 g/mol. The van der Waals surface area contributed by atoms with Crippen LogP contribution in [0.5, 0.6) is 0 Å². The summed E-state index contributed by atoms with van der Waals surface area (Å²) in [6.07, 6.45) is 5.22. The van der Waals surface area contributed by atoms with E-state index in [9.17, 15) is 9.59 Å². The van der Waals surface area contributed by atoms with Crippen LogP contribution in [-0.2, 0) is 16.1 Å². The van der Waals surface area contributed by atoms with E-state index in [-0.39, 0.29) is 17.6 Å². The molecule has 1 aromatic carbocycles. The molecule has 0 aliphatic carbocycles. The first kappa shape index (κ1) is 23.8. The number of rotatable bonds is 7. The SMILES string of the molecule is O=C(CSc1ccc(N2CCC(C(=O)N3CCCCC3)CC2)nn1)NCc1ccccc1Cl. The molecule has 1 N–H and O–H groups in total. The minimum absolute atomic E-state index is 0.0776. The second-order valence-electron chi connectivity index (χ2n) is 8.53. The zero-order valence-electron chi connectivity index (χ0n) is 18.7. The van der Waals surface area contributed by atoms with Crippen LogP contribution in [0, 0.1) is 5.92 Å². The number of nitrogens with zero attached hydrogens (tertiary/aromatic N) is 4. The van der Waals surface area contributed by atoms with Crippen molar-refractivity contribution in [1.82, 2.24) is 20.4 Å². The number of likely N-dealkylation sites (tertiary alicyclic amines) is 1. The Kier molecular flexibility index (Phi) is 8.45. The van der Waals surface area contributed by atoms with E-state index in [0.29, 0.717) is 22.5 Å². The summed E-state index contributed by atoms with van der Waals surface area (Å²) in [5.41, 5.74) is 0.892. The first-order valence-electron chi connectivity index (χ1n) is 11.6. The van der Waals surface area contributed by atoms with E-state index < -0.39 is 0 Å². The number of aromatic nitrogens is 2. The second-order valence-corrected chi connectivity index (χ2v) is 9.94. The highest BCUT2D eigenvalue weighted by molar-refractivity contribution is 7.99. The molecule has 0 spiro atoms. The number of piperidine rings is 2. The lowest BCUT2D eigenvalue weighted by molar-refractivity contribution is -0.137. The van der Waals surface area contributed by atoms with Gasteiger partial charge >= 0.3 is 0 Å². The molecule has 7 nitrogen and oxygen atoms in total. The molecular formula is C24H30ClN5O2S. The fourth-order valence-electron chi connectivity index (χ4n) is 4.31. The Bertz CT molecular complexity index is 944. The molecule has 2 saturated heterocycles. The molecule has 0 bridgehead atoms. The maximum Gasteiger partial charge on any atom is 0.230 e. The molecule has 176 valence electrons. The van der Waals surface area contributed by atoms with Crippen LogP contribution < -0.4 is 10.2 Å². The van der Waals surface area contributed by atoms with E-state index in [0.717, 1.165) is 63.2 Å². The van der Waals surface area contributed by atoms with E-state index in [2.05, 4.69) is 25.3 Å². The number of hydrogen-bond acceptors (Lipinski definition) is 6. The molecule has 0 atom stereocenters. The Morgan fingerprint density at radius 2 is 1.76 bits per heavy atom. The summed E-state index contributed by atoms with van der Waals surface area (Å²) >= 11 is 7.48. The highest BCUT2D eigenvalue weighted by Gasteiger charge is 2.29. The Morgan fingerprint density at radius 1 is 1.00 bits per heavy atom. The average Bonchev–Trinajstić information content (AvgIpc) is 2.87. The van der Waals surface area contributed by atoms with Gasteiger partial charge in [-0.3, -0.25) is 9.59 Å². The number of carbonyl (C=O) groups is 2. The smallest absolute Gasteiger partial charge is 0.230 e. The maximum absolute atomic E-state index is 12.7. The molecule has 0 unspecified atom stereocenters. The van der Waals surface area contributed by atoms with Crippen molar-refractivity contribution in [3.05, 3.63) is 47.0 Å². The summed E-state index contributed by atoms with van der Waals surface area (Å²) in [4.78, 5) is 29.2. The number of amides is 2. The summed E-state index contributed by atoms with van der Waals surface area (Å²) in [5, 5.41) is 12.9. The van der Waals surface area contributed by atoms with Gasteiger partial charge in [-0.05, 0) is 55.9 Å². The standard InChI is InChI=1S/C24H30ClN5O2S/c25-20-7-3-2-6-19(20)16-26-22(31)17-33-23-9-8-21(27-28-23)29-14-10-18(11-15-29)24(32)30-12-4-1-5-13-30/h2-3,6-9,18H,1,4-5,10-17H2,(H,26,31). The van der Waals surface area contributed by atoms with E-state index in [4.69, 9.17) is 11.6 Å². The van der Waals surface area contributed by atoms with Crippen molar-refractivity contribution in [2.45, 2.75) is 43.7 Å². The van der Waals surface area contributed by atoms with Gasteiger partial charge in [-0.25, -0.2) is 0 Å². The van der Waals surface area contributed by atoms with Gasteiger partial charge in [0, 0.05) is 43.7 Å². The van der Waals surface area contributed by atoms with Crippen LogP contribution in [0.1, 0.15) is 37.7 Å². The molecule has 0 radical (unpaired) electrons. The average molecular weight is 488 g/mol. The Labute approximate surface area is 204 Å². The van der Waals surface area contributed by atoms with Gasteiger partial charge in [0.1, 0.15) is 5.03 Å². The maximum atomic E-state index is 12.7. The van der Waals surface area contributed by atoms with Gasteiger partial charge < -0.3 is 15.1 Å². The molecule has 9 heteroatoms. The molecule has 3 heterocycles. The summed E-state index contributed by atoms with van der Waals surface area (Å²) in [6.45, 7) is 3.87. The Hall–Kier alpha value is -2.32. The first-order chi connectivity index (χ1) is 16.1. The van der Waals surface area contributed by atoms with Gasteiger partial charge in [0.05, 0.1) is 5.75 Å². The molecule has 4 rings (SSSR count). The lowest BCUT2D eigenvalue weighted by Crippen LogP contribution is -2.44. The number of nitrogens with one attached hydrogen (secondary N) is 1. The number of thioether (sulfide) groups is 1. The molecule has 2 amide bonds. The van der Waals surface area contributed by atoms with E-state index in [1.807, 2.05) is 36.4 Å². The predicted octanol–water partition coefficient (Wildman–Crippen LogP) is 3.77. The van der Waals surface area contributed by atoms with E-state index in [1.165, 1.54) is 18.2 Å². The molecule has 0 saturated carbocycles. The third-order valence-corrected chi connectivity index (χ3v) is 7.54. The number of carbonyl (C=O) groups excluding carboxylic acids is 2. The van der Waals surface area contributed by atoms with Gasteiger partial charge in [0.15, 0.2) is 5.82 Å². The topological polar surface area (TPSA) is 78.4 Å². The summed E-state index contributed by atoms with van der Waals surface area (Å²) in [7, 11) is 0. The van der Waals surface area contributed by atoms with Crippen LogP contribution in [0.4, 0.5) is 5.82 Å². The van der Waals surface area contributed by atoms with Gasteiger partial charge in [-0.15, -0.1) is 10.2 Å². The van der Waals surface area contributed by atoms with Crippen LogP contribution in [0.2, 0.25) is 5.02 Å². The van der Waals surface area contributed by atoms with Crippen molar-refractivity contribution >= 4 is 41.0 Å². The van der Waals surface area contributed by atoms with Crippen molar-refractivity contribution in [3.8, 4) is 0 Å². The van der Waals surface area contributed by atoms with E-state index >= 15 is 0 Å². The van der Waals surface area contributed by atoms with Crippen LogP contribution >= 0.6 is 23.4 Å². The summed E-state index contributed by atoms with van der Waals surface area (Å²) in [6, 6.07) is 11.3. The lowest BCUT2D eigenvalue weighted by Gasteiger charge is -2.35. The lowest BCUT2D eigenvalue weighted by atomic mass is 9.94. The minimum atomic E-state index is -0.0776. The highest BCUT2D eigenvalue weighted by Crippen LogP contribution is 2.25. The Balaban J connectivity index is 1.20. The third kappa shape index (κ3) is 6.60. The minimum Gasteiger partial charge on any atom is -0.355 e. The number of benzene rings is 1. The molecular weight excluding hydrogens is 458 g/mol. The van der Waals surface area contributed by atoms with Crippen molar-refractivity contribution in [1.29, 1.82) is 0 Å². The Morgan fingerprint density at radius 3 is 2.45 bits per heavy atom. The molecule has 2 fully saturated rings. The van der Waals surface area contributed by atoms with Crippen LogP contribution in [0.3, 0.4) is 0 Å². The van der Waals surface area contributed by atoms with Crippen molar-refractivity contribution in [2.24, 2.45) is 5.92 Å². The van der Waals surface area contributed by atoms with Crippen LogP contribution in [0.15, 0.2) is 41.4 Å². The van der Waals surface area contributed by atoms with Crippen LogP contribution in [-0.4, -0.2) is 58.8 Å². The first-order valence-corrected chi connectivity index (χ1v) is 13.0. The van der Waals surface area contributed by atoms with Crippen molar-refractivity contribution < 1.29 is 9.59 Å². The van der Waals surface area contributed by atoms with Gasteiger partial charge in [0.25, 0.3) is 0 Å². The molecule has 33 heavy (non-hydrogen) atoms. The number of hydrogen-bond donors (Lipinski definition) is 1. The predicted molar refractivity (Wildman–Crippen MR) is 131 cm³/mol.